The Kier molecular flexibility index (Phi) is 14.4. The van der Waals surface area contributed by atoms with E-state index >= 15 is 0 Å². The molecule has 4 fully saturated rings. The fraction of sp³-hybridized carbons (Fsp3) is 0.705. The molecular formula is C44H63N3O11S. The molecule has 2 bridgehead atoms. The summed E-state index contributed by atoms with van der Waals surface area (Å²) in [4.78, 5) is 56.2. The molecule has 6 rings (SSSR count). The van der Waals surface area contributed by atoms with Gasteiger partial charge in [-0.3, -0.25) is 19.4 Å². The van der Waals surface area contributed by atoms with Crippen LogP contribution in [0.3, 0.4) is 0 Å². The number of ketones is 1. The molecular weight excluding hydrogens is 779 g/mol. The summed E-state index contributed by atoms with van der Waals surface area (Å²) in [7, 11) is 3.82. The Morgan fingerprint density at radius 1 is 1.03 bits per heavy atom. The van der Waals surface area contributed by atoms with Crippen molar-refractivity contribution in [3.05, 3.63) is 41.4 Å². The lowest BCUT2D eigenvalue weighted by atomic mass is 9.70. The highest BCUT2D eigenvalue weighted by Crippen LogP contribution is 2.46. The van der Waals surface area contributed by atoms with Crippen molar-refractivity contribution in [2.45, 2.75) is 142 Å². The monoisotopic (exact) mass is 841 g/mol. The van der Waals surface area contributed by atoms with E-state index in [9.17, 15) is 19.5 Å². The number of fused-ring (bicyclic) bond motifs is 4. The summed E-state index contributed by atoms with van der Waals surface area (Å²) >= 11 is 1.56. The Hall–Kier alpha value is -3.31. The highest BCUT2D eigenvalue weighted by molar-refractivity contribution is 7.15. The average Bonchev–Trinajstić information content (AvgIpc) is 3.81. The molecule has 326 valence electrons. The van der Waals surface area contributed by atoms with Gasteiger partial charge in [0.05, 0.1) is 60.0 Å². The second kappa shape index (κ2) is 18.8. The summed E-state index contributed by atoms with van der Waals surface area (Å²) < 4.78 is 39.1. The molecule has 14 nitrogen and oxygen atoms in total. The number of ether oxygens (including phenoxy) is 6. The van der Waals surface area contributed by atoms with Crippen LogP contribution in [0.25, 0.3) is 10.6 Å². The molecule has 15 heteroatoms. The zero-order valence-electron chi connectivity index (χ0n) is 36.1. The minimum absolute atomic E-state index is 0.0277. The van der Waals surface area contributed by atoms with Crippen LogP contribution in [0, 0.1) is 29.6 Å². The summed E-state index contributed by atoms with van der Waals surface area (Å²) in [6.45, 7) is 15.0. The molecule has 0 saturated carbocycles. The minimum Gasteiger partial charge on any atom is -0.458 e. The molecule has 0 radical (unpaired) electrons. The molecule has 0 aromatic carbocycles. The lowest BCUT2D eigenvalue weighted by molar-refractivity contribution is -0.302. The van der Waals surface area contributed by atoms with Crippen LogP contribution >= 0.6 is 11.3 Å². The van der Waals surface area contributed by atoms with Gasteiger partial charge in [0.1, 0.15) is 29.3 Å². The number of pyridine rings is 1. The van der Waals surface area contributed by atoms with E-state index in [-0.39, 0.29) is 50.6 Å². The number of rotatable bonds is 8. The van der Waals surface area contributed by atoms with Crippen LogP contribution in [0.15, 0.2) is 41.7 Å². The van der Waals surface area contributed by atoms with Crippen LogP contribution in [0.2, 0.25) is 0 Å². The Morgan fingerprint density at radius 2 is 1.80 bits per heavy atom. The van der Waals surface area contributed by atoms with E-state index in [1.807, 2.05) is 90.9 Å². The number of likely N-dealkylation sites (N-methyl/N-ethyl adjacent to an activating group) is 1. The fourth-order valence-corrected chi connectivity index (χ4v) is 10.6. The van der Waals surface area contributed by atoms with E-state index in [0.29, 0.717) is 18.6 Å². The van der Waals surface area contributed by atoms with Crippen LogP contribution in [0.1, 0.15) is 86.0 Å². The van der Waals surface area contributed by atoms with E-state index < -0.39 is 83.4 Å². The van der Waals surface area contributed by atoms with Gasteiger partial charge in [0.2, 0.25) is 0 Å². The summed E-state index contributed by atoms with van der Waals surface area (Å²) in [5, 5.41) is 16.2. The number of hydrogen-bond acceptors (Lipinski definition) is 15. The quantitative estimate of drug-likeness (QED) is 0.250. The third kappa shape index (κ3) is 9.77. The molecule has 0 spiro atoms. The topological polar surface area (TPSA) is 165 Å². The van der Waals surface area contributed by atoms with Crippen LogP contribution in [-0.2, 0) is 54.2 Å². The van der Waals surface area contributed by atoms with E-state index in [2.05, 4.69) is 10.1 Å². The zero-order valence-corrected chi connectivity index (χ0v) is 36.9. The first-order valence-electron chi connectivity index (χ1n) is 21.0. The number of aliphatic hydroxyl groups excluding tert-OH is 1. The zero-order chi connectivity index (χ0) is 42.8. The Balaban J connectivity index is 1.38. The van der Waals surface area contributed by atoms with Gasteiger partial charge in [-0.2, -0.15) is 0 Å². The molecule has 2 aromatic heterocycles. The van der Waals surface area contributed by atoms with Gasteiger partial charge in [-0.05, 0) is 85.3 Å². The number of aromatic nitrogens is 1. The van der Waals surface area contributed by atoms with Crippen molar-refractivity contribution in [1.82, 2.24) is 9.88 Å². The number of cyclic esters (lactones) is 1. The predicted molar refractivity (Wildman–Crippen MR) is 220 cm³/mol. The number of thiophene rings is 1. The van der Waals surface area contributed by atoms with Gasteiger partial charge in [-0.15, -0.1) is 11.3 Å². The maximum absolute atomic E-state index is 14.6. The second-order valence-electron chi connectivity index (χ2n) is 17.7. The van der Waals surface area contributed by atoms with Crippen molar-refractivity contribution in [2.24, 2.45) is 34.7 Å². The summed E-state index contributed by atoms with van der Waals surface area (Å²) in [5.74, 6) is -4.22. The molecule has 4 aliphatic rings. The third-order valence-corrected chi connectivity index (χ3v) is 14.1. The Labute approximate surface area is 352 Å². The maximum atomic E-state index is 14.6. The van der Waals surface area contributed by atoms with Crippen molar-refractivity contribution in [2.75, 3.05) is 27.3 Å². The molecule has 0 aliphatic carbocycles. The predicted octanol–water partition coefficient (Wildman–Crippen LogP) is 5.83. The van der Waals surface area contributed by atoms with Crippen molar-refractivity contribution in [3.8, 4) is 10.6 Å². The van der Waals surface area contributed by atoms with Gasteiger partial charge in [0, 0.05) is 40.8 Å². The van der Waals surface area contributed by atoms with E-state index in [1.165, 1.54) is 0 Å². The summed E-state index contributed by atoms with van der Waals surface area (Å²) in [6, 6.07) is 9.50. The SMILES string of the molecule is CC[C@H]1OC(=O)[C@H](C)[C@H]2OC/C(=N\OCc3ccc(-c4ccccn4)s3)CO[C@](C)(C[C@@H](C)C(=O)[C@H](C)[C@@H]3CC(=O)O[C@]13C)[C@H](O[C@@H]1O[C@H](C)C[C@H](N(C)C)[C@H]1O)[C@H]2C. The lowest BCUT2D eigenvalue weighted by Crippen LogP contribution is -2.60. The summed E-state index contributed by atoms with van der Waals surface area (Å²) in [5.41, 5.74) is -1.14. The first-order valence-corrected chi connectivity index (χ1v) is 21.8. The molecule has 14 atom stereocenters. The third-order valence-electron chi connectivity index (χ3n) is 13.0. The Morgan fingerprint density at radius 3 is 2.49 bits per heavy atom. The molecule has 4 saturated heterocycles. The number of esters is 2. The van der Waals surface area contributed by atoms with Gasteiger partial charge in [-0.1, -0.05) is 38.9 Å². The molecule has 59 heavy (non-hydrogen) atoms. The number of Topliss-reactive ketones (excluding diaryl/α,β-unsaturated/α-hetero) is 1. The second-order valence-corrected chi connectivity index (χ2v) is 18.8. The molecule has 4 aliphatic heterocycles. The number of hydrogen-bond donors (Lipinski definition) is 1. The van der Waals surface area contributed by atoms with E-state index in [1.54, 1.807) is 31.4 Å². The van der Waals surface area contributed by atoms with Crippen molar-refractivity contribution in [1.29, 1.82) is 0 Å². The molecule has 1 N–H and O–H groups in total. The van der Waals surface area contributed by atoms with Gasteiger partial charge in [-0.25, -0.2) is 0 Å². The Bertz CT molecular complexity index is 1810. The van der Waals surface area contributed by atoms with Crippen LogP contribution in [0.4, 0.5) is 0 Å². The molecule has 0 unspecified atom stereocenters. The molecule has 2 aromatic rings. The van der Waals surface area contributed by atoms with E-state index in [4.69, 9.17) is 33.3 Å². The fourth-order valence-electron chi connectivity index (χ4n) is 9.69. The van der Waals surface area contributed by atoms with Gasteiger partial charge < -0.3 is 43.3 Å². The lowest BCUT2D eigenvalue weighted by Gasteiger charge is -2.48. The van der Waals surface area contributed by atoms with Crippen molar-refractivity contribution >= 4 is 34.8 Å². The smallest absolute Gasteiger partial charge is 0.311 e. The van der Waals surface area contributed by atoms with Crippen molar-refractivity contribution in [3.63, 3.8) is 0 Å². The van der Waals surface area contributed by atoms with Crippen LogP contribution in [0.5, 0.6) is 0 Å². The van der Waals surface area contributed by atoms with Crippen LogP contribution in [-0.4, -0.2) is 120 Å². The van der Waals surface area contributed by atoms with Gasteiger partial charge >= 0.3 is 11.9 Å². The molecule has 6 heterocycles. The standard InChI is InChI=1S/C44H63N3O11S/c1-11-35-44(8)31(19-36(48)58-44)26(4)37(49)24(2)20-43(7)40(57-42-38(50)33(47(9)10)18-25(3)55-42)27(5)39(28(6)41(51)56-35)52-21-29(22-53-43)46-54-23-30-15-16-34(59-30)32-14-12-13-17-45-32/h12-17,24-28,31,33,35,38-40,42,50H,11,18-23H2,1-10H3/b46-29+/t24-,25-,26-,27+,28-,31+,33+,35-,38-,39+,40-,42+,43-,44+/m1/s1. The number of aliphatic hydroxyl groups is 1. The van der Waals surface area contributed by atoms with Crippen molar-refractivity contribution < 1.29 is 52.7 Å². The largest absolute Gasteiger partial charge is 0.458 e. The van der Waals surface area contributed by atoms with Gasteiger partial charge in [0.25, 0.3) is 0 Å². The first kappa shape index (κ1) is 45.2. The number of nitrogens with zero attached hydrogens (tertiary/aromatic N) is 3. The highest BCUT2D eigenvalue weighted by Gasteiger charge is 2.57. The normalized spacial score (nSPS) is 39.5. The number of carbonyl (C=O) groups is 3. The summed E-state index contributed by atoms with van der Waals surface area (Å²) in [6.07, 6.45) is -1.88. The minimum atomic E-state index is -1.23. The van der Waals surface area contributed by atoms with Crippen LogP contribution < -0.4 is 0 Å². The maximum Gasteiger partial charge on any atom is 0.311 e. The number of carbonyl (C=O) groups excluding carboxylic acids is 3. The van der Waals surface area contributed by atoms with Gasteiger partial charge in [0.15, 0.2) is 12.9 Å². The molecule has 0 amide bonds. The van der Waals surface area contributed by atoms with E-state index in [0.717, 1.165) is 15.4 Å². The first-order chi connectivity index (χ1) is 27.9. The number of oxime groups is 1. The highest BCUT2D eigenvalue weighted by atomic mass is 32.1. The average molecular weight is 842 g/mol.